The summed E-state index contributed by atoms with van der Waals surface area (Å²) in [5.41, 5.74) is 0.378. The minimum absolute atomic E-state index is 0. The monoisotopic (exact) mass is 272 g/mol. The Hall–Kier alpha value is -1.08. The van der Waals surface area contributed by atoms with Gasteiger partial charge in [-0.3, -0.25) is 4.79 Å². The maximum atomic E-state index is 10.8. The van der Waals surface area contributed by atoms with E-state index in [0.29, 0.717) is 5.57 Å². The Morgan fingerprint density at radius 1 is 1.00 bits per heavy atom. The molecule has 0 rings (SSSR count). The molecule has 0 aromatic heterocycles. The molecule has 0 unspecified atom stereocenters. The number of hydrogen-bond donors (Lipinski definition) is 2. The van der Waals surface area contributed by atoms with E-state index in [1.807, 2.05) is 0 Å². The van der Waals surface area contributed by atoms with Crippen molar-refractivity contribution in [1.82, 2.24) is 0 Å². The predicted molar refractivity (Wildman–Crippen MR) is 62.6 cm³/mol. The van der Waals surface area contributed by atoms with Crippen LogP contribution in [0.3, 0.4) is 0 Å². The summed E-state index contributed by atoms with van der Waals surface area (Å²) < 4.78 is 0. The van der Waals surface area contributed by atoms with Crippen LogP contribution in [0, 0.1) is 0 Å². The van der Waals surface area contributed by atoms with E-state index in [-0.39, 0.29) is 43.2 Å². The molecule has 94 valence electrons. The summed E-state index contributed by atoms with van der Waals surface area (Å²) in [6.45, 7) is 6.92. The molecule has 16 heavy (non-hydrogen) atoms. The van der Waals surface area contributed by atoms with Crippen molar-refractivity contribution in [2.24, 2.45) is 11.8 Å². The van der Waals surface area contributed by atoms with Crippen LogP contribution in [0.1, 0.15) is 12.8 Å². The molecular formula is C8H14Cl2N2O4. The molecule has 0 aromatic carbocycles. The fourth-order valence-electron chi connectivity index (χ4n) is 0.678. The van der Waals surface area contributed by atoms with Gasteiger partial charge in [0, 0.05) is 0 Å². The molecule has 8 heteroatoms. The van der Waals surface area contributed by atoms with Crippen LogP contribution in [-0.2, 0) is 19.3 Å². The van der Waals surface area contributed by atoms with E-state index in [4.69, 9.17) is 0 Å². The molecule has 0 amide bonds. The van der Waals surface area contributed by atoms with Crippen LogP contribution in [-0.4, -0.2) is 11.9 Å². The molecule has 0 aromatic rings. The Kier molecular flexibility index (Phi) is 13.3. The SMILES string of the molecule is C=C(CCC(=O)ON)C(=C)C(=O)ON.Cl.Cl. The van der Waals surface area contributed by atoms with Gasteiger partial charge in [-0.2, -0.15) is 11.8 Å². The van der Waals surface area contributed by atoms with E-state index < -0.39 is 11.9 Å². The quantitative estimate of drug-likeness (QED) is 0.430. The number of carbonyl (C=O) groups excluding carboxylic acids is 2. The number of carbonyl (C=O) groups is 2. The third-order valence-electron chi connectivity index (χ3n) is 1.54. The average Bonchev–Trinajstić information content (AvgIpc) is 2.22. The molecule has 0 atom stereocenters. The van der Waals surface area contributed by atoms with Gasteiger partial charge in [0.2, 0.25) is 0 Å². The lowest BCUT2D eigenvalue weighted by Crippen LogP contribution is -2.14. The van der Waals surface area contributed by atoms with Gasteiger partial charge in [0.1, 0.15) is 0 Å². The van der Waals surface area contributed by atoms with E-state index in [0.717, 1.165) is 0 Å². The second kappa shape index (κ2) is 10.4. The largest absolute Gasteiger partial charge is 0.373 e. The molecule has 0 saturated carbocycles. The van der Waals surface area contributed by atoms with Crippen LogP contribution in [0.25, 0.3) is 0 Å². The van der Waals surface area contributed by atoms with Crippen LogP contribution in [0.2, 0.25) is 0 Å². The van der Waals surface area contributed by atoms with Crippen LogP contribution in [0.5, 0.6) is 0 Å². The molecule has 4 N–H and O–H groups in total. The molecule has 0 fully saturated rings. The Morgan fingerprint density at radius 3 is 1.88 bits per heavy atom. The number of halogens is 2. The van der Waals surface area contributed by atoms with Gasteiger partial charge < -0.3 is 9.68 Å². The van der Waals surface area contributed by atoms with E-state index in [2.05, 4.69) is 34.6 Å². The molecule has 0 spiro atoms. The van der Waals surface area contributed by atoms with Crippen molar-refractivity contribution in [3.05, 3.63) is 24.3 Å². The molecule has 0 saturated heterocycles. The van der Waals surface area contributed by atoms with E-state index >= 15 is 0 Å². The first-order valence-corrected chi connectivity index (χ1v) is 3.70. The fourth-order valence-corrected chi connectivity index (χ4v) is 0.678. The van der Waals surface area contributed by atoms with Crippen molar-refractivity contribution >= 4 is 36.8 Å². The van der Waals surface area contributed by atoms with Gasteiger partial charge in [0.25, 0.3) is 0 Å². The third kappa shape index (κ3) is 7.24. The second-order valence-corrected chi connectivity index (χ2v) is 2.48. The van der Waals surface area contributed by atoms with Crippen LogP contribution >= 0.6 is 24.8 Å². The fraction of sp³-hybridized carbons (Fsp3) is 0.250. The van der Waals surface area contributed by atoms with Gasteiger partial charge in [-0.1, -0.05) is 13.2 Å². The van der Waals surface area contributed by atoms with E-state index in [9.17, 15) is 9.59 Å². The van der Waals surface area contributed by atoms with Crippen molar-refractivity contribution in [3.63, 3.8) is 0 Å². The third-order valence-corrected chi connectivity index (χ3v) is 1.54. The lowest BCUT2D eigenvalue weighted by molar-refractivity contribution is -0.144. The summed E-state index contributed by atoms with van der Waals surface area (Å²) in [5.74, 6) is 7.86. The zero-order valence-electron chi connectivity index (χ0n) is 8.43. The second-order valence-electron chi connectivity index (χ2n) is 2.48. The van der Waals surface area contributed by atoms with Crippen molar-refractivity contribution in [3.8, 4) is 0 Å². The van der Waals surface area contributed by atoms with Gasteiger partial charge in [0.05, 0.1) is 12.0 Å². The molecule has 0 aliphatic carbocycles. The van der Waals surface area contributed by atoms with Crippen LogP contribution in [0.4, 0.5) is 0 Å². The minimum atomic E-state index is -0.781. The lowest BCUT2D eigenvalue weighted by atomic mass is 10.1. The first-order chi connectivity index (χ1) is 6.52. The molecule has 6 nitrogen and oxygen atoms in total. The molecule has 0 bridgehead atoms. The Balaban J connectivity index is -0.000000845. The normalized spacial score (nSPS) is 7.88. The van der Waals surface area contributed by atoms with E-state index in [1.165, 1.54) is 0 Å². The van der Waals surface area contributed by atoms with Crippen molar-refractivity contribution in [2.45, 2.75) is 12.8 Å². The van der Waals surface area contributed by atoms with Gasteiger partial charge in [0.15, 0.2) is 0 Å². The first-order valence-electron chi connectivity index (χ1n) is 3.70. The number of hydrogen-bond acceptors (Lipinski definition) is 6. The Labute approximate surface area is 105 Å². The van der Waals surface area contributed by atoms with Gasteiger partial charge >= 0.3 is 11.9 Å². The van der Waals surface area contributed by atoms with Gasteiger partial charge in [-0.05, 0) is 12.0 Å². The summed E-state index contributed by atoms with van der Waals surface area (Å²) >= 11 is 0. The average molecular weight is 273 g/mol. The van der Waals surface area contributed by atoms with Crippen LogP contribution < -0.4 is 11.8 Å². The molecule has 0 aliphatic heterocycles. The van der Waals surface area contributed by atoms with Crippen molar-refractivity contribution < 1.29 is 19.3 Å². The number of nitrogens with two attached hydrogens (primary N) is 2. The predicted octanol–water partition coefficient (Wildman–Crippen LogP) is 0.556. The molecule has 0 radical (unpaired) electrons. The highest BCUT2D eigenvalue weighted by molar-refractivity contribution is 5.92. The maximum Gasteiger partial charge on any atom is 0.356 e. The molecule has 0 heterocycles. The van der Waals surface area contributed by atoms with Crippen molar-refractivity contribution in [2.75, 3.05) is 0 Å². The zero-order chi connectivity index (χ0) is 11.1. The Bertz CT molecular complexity index is 281. The highest BCUT2D eigenvalue weighted by Gasteiger charge is 2.12. The van der Waals surface area contributed by atoms with E-state index in [1.54, 1.807) is 0 Å². The zero-order valence-corrected chi connectivity index (χ0v) is 10.1. The van der Waals surface area contributed by atoms with Crippen molar-refractivity contribution in [1.29, 1.82) is 0 Å². The summed E-state index contributed by atoms with van der Waals surface area (Å²) in [4.78, 5) is 29.3. The topological polar surface area (TPSA) is 105 Å². The maximum absolute atomic E-state index is 10.8. The lowest BCUT2D eigenvalue weighted by Gasteiger charge is -2.05. The highest BCUT2D eigenvalue weighted by Crippen LogP contribution is 2.13. The van der Waals surface area contributed by atoms with Gasteiger partial charge in [-0.15, -0.1) is 24.8 Å². The molecular weight excluding hydrogens is 259 g/mol. The highest BCUT2D eigenvalue weighted by atomic mass is 35.5. The smallest absolute Gasteiger partial charge is 0.356 e. The minimum Gasteiger partial charge on any atom is -0.373 e. The molecule has 0 aliphatic rings. The Morgan fingerprint density at radius 2 is 1.50 bits per heavy atom. The first kappa shape index (κ1) is 20.3. The summed E-state index contributed by atoms with van der Waals surface area (Å²) in [6.07, 6.45) is 0.232. The number of rotatable bonds is 5. The summed E-state index contributed by atoms with van der Waals surface area (Å²) in [7, 11) is 0. The van der Waals surface area contributed by atoms with Crippen LogP contribution in [0.15, 0.2) is 24.3 Å². The summed E-state index contributed by atoms with van der Waals surface area (Å²) in [5, 5.41) is 0. The standard InChI is InChI=1S/C8H12N2O4.2ClH/c1-5(3-4-7(11)13-9)6(2)8(12)14-10;;/h1-4,9-10H2;2*1H. The van der Waals surface area contributed by atoms with Gasteiger partial charge in [-0.25, -0.2) is 4.79 Å². The summed E-state index contributed by atoms with van der Waals surface area (Å²) in [6, 6.07) is 0.